The van der Waals surface area contributed by atoms with Crippen molar-refractivity contribution in [1.29, 1.82) is 0 Å². The number of halogens is 2. The number of rotatable bonds is 8. The Hall–Kier alpha value is -5.95. The summed E-state index contributed by atoms with van der Waals surface area (Å²) in [6.07, 6.45) is 1.54. The molecule has 0 spiro atoms. The molecule has 0 unspecified atom stereocenters. The largest absolute Gasteiger partial charge is 0.995 e. The maximum Gasteiger partial charge on any atom is 0.995 e. The van der Waals surface area contributed by atoms with Crippen molar-refractivity contribution < 1.29 is 17.6 Å². The highest BCUT2D eigenvalue weighted by atomic mass is 19.3. The number of hydrogen-bond acceptors (Lipinski definition) is 3. The maximum absolute atomic E-state index is 15.0. The van der Waals surface area contributed by atoms with Gasteiger partial charge in [-0.15, -0.1) is 0 Å². The minimum Gasteiger partial charge on any atom is -0.569 e. The van der Waals surface area contributed by atoms with E-state index in [9.17, 15) is 0 Å². The molecule has 248 valence electrons. The Kier molecular flexibility index (Phi) is 8.81. The predicted octanol–water partition coefficient (Wildman–Crippen LogP) is 12.0. The molecule has 0 bridgehead atoms. The van der Waals surface area contributed by atoms with Gasteiger partial charge in [-0.1, -0.05) is 70.8 Å². The Labute approximate surface area is 292 Å². The zero-order valence-electron chi connectivity index (χ0n) is 28.5. The van der Waals surface area contributed by atoms with Crippen LogP contribution in [0.4, 0.5) is 42.8 Å². The predicted molar refractivity (Wildman–Crippen MR) is 203 cm³/mol. The number of allylic oxidation sites excluding steroid dienone is 1. The smallest absolute Gasteiger partial charge is 0.569 e. The molecule has 0 aromatic heterocycles. The molecule has 1 aliphatic rings. The molecule has 6 aromatic rings. The fraction of sp³-hybridized carbons (Fsp3) is 0.0930. The highest BCUT2D eigenvalue weighted by molar-refractivity contribution is 6.52. The molecule has 0 radical (unpaired) electrons. The summed E-state index contributed by atoms with van der Waals surface area (Å²) >= 11 is 0. The lowest BCUT2D eigenvalue weighted by Crippen LogP contribution is -2.31. The molecule has 0 fully saturated rings. The highest BCUT2D eigenvalue weighted by Gasteiger charge is 2.53. The Bertz CT molecular complexity index is 2070. The van der Waals surface area contributed by atoms with Crippen molar-refractivity contribution in [2.75, 3.05) is 9.80 Å². The van der Waals surface area contributed by atoms with Crippen molar-refractivity contribution >= 4 is 52.8 Å². The van der Waals surface area contributed by atoms with Crippen LogP contribution in [0.3, 0.4) is 0 Å². The van der Waals surface area contributed by atoms with Crippen molar-refractivity contribution in [2.45, 2.75) is 27.7 Å². The quantitative estimate of drug-likeness (QED) is 0.120. The number of carbonyl (C=O) groups excluding carboxylic acids is 1. The molecule has 7 heteroatoms. The van der Waals surface area contributed by atoms with Gasteiger partial charge in [-0.3, -0.25) is 0 Å². The van der Waals surface area contributed by atoms with Crippen LogP contribution >= 0.6 is 0 Å². The average molecular weight is 663 g/mol. The second-order valence-corrected chi connectivity index (χ2v) is 12.8. The lowest BCUT2D eigenvalue weighted by Gasteiger charge is -2.26. The van der Waals surface area contributed by atoms with Crippen LogP contribution in [-0.2, 0) is 4.65 Å². The minimum absolute atomic E-state index is 0.0463. The Balaban J connectivity index is 1.19. The maximum atomic E-state index is 15.0. The number of nitrogens with zero attached hydrogens (tertiary/aromatic N) is 2. The highest BCUT2D eigenvalue weighted by Crippen LogP contribution is 2.38. The molecule has 0 atom stereocenters. The van der Waals surface area contributed by atoms with Gasteiger partial charge in [0.2, 0.25) is 0 Å². The topological polar surface area (TPSA) is 27.0 Å². The summed E-state index contributed by atoms with van der Waals surface area (Å²) in [4.78, 5) is 4.27. The second-order valence-electron chi connectivity index (χ2n) is 12.8. The molecule has 7 rings (SSSR count). The Morgan fingerprint density at radius 1 is 0.420 bits per heavy atom. The van der Waals surface area contributed by atoms with Gasteiger partial charge in [0.1, 0.15) is 0 Å². The van der Waals surface area contributed by atoms with E-state index in [1.807, 2.05) is 24.3 Å². The Morgan fingerprint density at radius 3 is 1.02 bits per heavy atom. The zero-order valence-corrected chi connectivity index (χ0v) is 28.5. The summed E-state index contributed by atoms with van der Waals surface area (Å²) in [6, 6.07) is 48.0. The van der Waals surface area contributed by atoms with E-state index in [4.69, 9.17) is 9.00 Å². The van der Waals surface area contributed by atoms with E-state index in [0.29, 0.717) is 11.1 Å². The van der Waals surface area contributed by atoms with Crippen LogP contribution in [0.2, 0.25) is 0 Å². The Morgan fingerprint density at radius 2 is 0.700 bits per heavy atom. The van der Waals surface area contributed by atoms with E-state index in [1.54, 1.807) is 30.3 Å². The number of anilines is 6. The lowest BCUT2D eigenvalue weighted by atomic mass is 10.0. The standard InChI is InChI=1S/C43H37BF2N2O2/c1-30-5-17-36(18-6-30)47(37-19-7-31(2)8-20-37)40-25-13-34(14-26-40)42-29-43(50-44(45,46)49-42)35-15-27-41(28-16-35)48(38-21-9-32(3)10-22-38)39-23-11-33(4)12-24-39/h5-29H,1-4H3. The number of hydrogen-bond donors (Lipinski definition) is 0. The molecule has 4 nitrogen and oxygen atoms in total. The van der Waals surface area contributed by atoms with E-state index >= 15 is 8.63 Å². The molecule has 6 aromatic carbocycles. The molecule has 0 aliphatic carbocycles. The van der Waals surface area contributed by atoms with Gasteiger partial charge in [0.05, 0.1) is 17.4 Å². The van der Waals surface area contributed by atoms with Crippen LogP contribution < -0.4 is 9.80 Å². The molecule has 1 heterocycles. The molecular weight excluding hydrogens is 625 g/mol. The third-order valence-electron chi connectivity index (χ3n) is 8.78. The van der Waals surface area contributed by atoms with Crippen molar-refractivity contribution in [2.24, 2.45) is 0 Å². The van der Waals surface area contributed by atoms with Crippen LogP contribution in [0.25, 0.3) is 5.76 Å². The van der Waals surface area contributed by atoms with Crippen LogP contribution in [0.5, 0.6) is 0 Å². The van der Waals surface area contributed by atoms with Crippen molar-refractivity contribution in [3.05, 3.63) is 185 Å². The van der Waals surface area contributed by atoms with E-state index < -0.39 is 7.11 Å². The van der Waals surface area contributed by atoms with E-state index in [1.165, 1.54) is 0 Å². The first-order valence-electron chi connectivity index (χ1n) is 16.7. The first kappa shape index (κ1) is 32.6. The number of aryl methyl sites for hydroxylation is 4. The average Bonchev–Trinajstić information content (AvgIpc) is 3.12. The fourth-order valence-electron chi connectivity index (χ4n) is 6.03. The van der Waals surface area contributed by atoms with Crippen LogP contribution in [0.1, 0.15) is 37.7 Å². The zero-order chi connectivity index (χ0) is 34.8. The summed E-state index contributed by atoms with van der Waals surface area (Å²) in [5, 5.41) is 0. The molecule has 0 amide bonds. The summed E-state index contributed by atoms with van der Waals surface area (Å²) in [5.74, 6) is 0.0927. The van der Waals surface area contributed by atoms with Gasteiger partial charge in [-0.2, -0.15) is 0 Å². The van der Waals surface area contributed by atoms with Gasteiger partial charge >= 0.3 is 7.11 Å². The summed E-state index contributed by atoms with van der Waals surface area (Å²) in [5.41, 5.74) is 11.4. The van der Waals surface area contributed by atoms with Gasteiger partial charge in [0, 0.05) is 39.7 Å². The molecule has 0 saturated heterocycles. The van der Waals surface area contributed by atoms with Crippen LogP contribution in [-0.4, -0.2) is 12.9 Å². The summed E-state index contributed by atoms with van der Waals surface area (Å²) in [6.45, 7) is 8.22. The van der Waals surface area contributed by atoms with Crippen molar-refractivity contribution in [1.82, 2.24) is 0 Å². The van der Waals surface area contributed by atoms with Crippen LogP contribution in [0.15, 0.2) is 152 Å². The van der Waals surface area contributed by atoms with Gasteiger partial charge < -0.3 is 27.4 Å². The third-order valence-corrected chi connectivity index (χ3v) is 8.78. The lowest BCUT2D eigenvalue weighted by molar-refractivity contribution is -0.183. The van der Waals surface area contributed by atoms with Gasteiger partial charge in [-0.05, 0) is 125 Å². The first-order chi connectivity index (χ1) is 24.1. The molecular formula is C43H37BF2N2O2. The summed E-state index contributed by atoms with van der Waals surface area (Å²) in [7, 11) is -4.59. The molecule has 0 saturated carbocycles. The van der Waals surface area contributed by atoms with Gasteiger partial charge in [-0.25, -0.2) is 0 Å². The minimum atomic E-state index is -4.59. The van der Waals surface area contributed by atoms with E-state index in [2.05, 4.69) is 135 Å². The van der Waals surface area contributed by atoms with Crippen molar-refractivity contribution in [3.63, 3.8) is 0 Å². The third kappa shape index (κ3) is 7.08. The van der Waals surface area contributed by atoms with Gasteiger partial charge in [0.25, 0.3) is 5.78 Å². The molecule has 0 N–H and O–H groups in total. The molecule has 50 heavy (non-hydrogen) atoms. The molecule has 1 aliphatic heterocycles. The van der Waals surface area contributed by atoms with E-state index in [0.717, 1.165) is 56.4 Å². The summed E-state index contributed by atoms with van der Waals surface area (Å²) < 4.78 is 40.4. The fourth-order valence-corrected chi connectivity index (χ4v) is 6.03. The number of benzene rings is 6. The number of ketones is 1. The normalized spacial score (nSPS) is 13.6. The van der Waals surface area contributed by atoms with E-state index in [-0.39, 0.29) is 11.5 Å². The second kappa shape index (κ2) is 13.5. The van der Waals surface area contributed by atoms with Crippen LogP contribution in [0, 0.1) is 27.7 Å². The van der Waals surface area contributed by atoms with Gasteiger partial charge in [0.15, 0.2) is 0 Å². The SMILES string of the molecule is Cc1ccc(N(c2ccc(C)cc2)c2ccc(C3=CC(c4ccc(N(c5ccc(C)cc5)c5ccc(C)cc5)cc4)=[O+][B-](F)(F)O3)cc2)cc1. The monoisotopic (exact) mass is 662 g/mol. The first-order valence-corrected chi connectivity index (χ1v) is 16.7. The van der Waals surface area contributed by atoms with Crippen molar-refractivity contribution in [3.8, 4) is 0 Å².